The Kier molecular flexibility index (Phi) is 5.05. The Morgan fingerprint density at radius 3 is 2.57 bits per heavy atom. The predicted octanol–water partition coefficient (Wildman–Crippen LogP) is 3.74. The molecule has 2 aromatic rings. The molecule has 0 bridgehead atoms. The molecular formula is C22H23FN2O3. The van der Waals surface area contributed by atoms with Crippen LogP contribution in [0.3, 0.4) is 0 Å². The molecule has 0 saturated heterocycles. The highest BCUT2D eigenvalue weighted by Gasteiger charge is 2.40. The van der Waals surface area contributed by atoms with Crippen LogP contribution >= 0.6 is 0 Å². The molecule has 2 aliphatic rings. The fourth-order valence-corrected chi connectivity index (χ4v) is 4.01. The highest BCUT2D eigenvalue weighted by Crippen LogP contribution is 2.38. The van der Waals surface area contributed by atoms with E-state index in [4.69, 9.17) is 4.74 Å². The second kappa shape index (κ2) is 7.64. The number of benzene rings is 2. The molecule has 6 heteroatoms. The summed E-state index contributed by atoms with van der Waals surface area (Å²) in [7, 11) is 1.61. The summed E-state index contributed by atoms with van der Waals surface area (Å²) in [5, 5.41) is 14.0. The van der Waals surface area contributed by atoms with Crippen LogP contribution in [0.15, 0.2) is 54.6 Å². The molecule has 1 amide bonds. The van der Waals surface area contributed by atoms with Gasteiger partial charge in [-0.25, -0.2) is 9.40 Å². The Balaban J connectivity index is 1.80. The van der Waals surface area contributed by atoms with Crippen molar-refractivity contribution in [1.82, 2.24) is 5.01 Å². The summed E-state index contributed by atoms with van der Waals surface area (Å²) in [5.41, 5.74) is 2.20. The number of methoxy groups -OCH3 is 1. The first kappa shape index (κ1) is 18.5. The molecule has 28 heavy (non-hydrogen) atoms. The van der Waals surface area contributed by atoms with Gasteiger partial charge in [0.15, 0.2) is 0 Å². The first-order valence-corrected chi connectivity index (χ1v) is 9.49. The number of aliphatic hydroxyl groups is 1. The molecule has 1 aliphatic carbocycles. The number of amides is 1. The van der Waals surface area contributed by atoms with Gasteiger partial charge < -0.3 is 9.84 Å². The lowest BCUT2D eigenvalue weighted by Gasteiger charge is -2.45. The van der Waals surface area contributed by atoms with E-state index in [0.717, 1.165) is 29.9 Å². The molecule has 1 fully saturated rings. The third kappa shape index (κ3) is 3.36. The molecule has 5 nitrogen and oxygen atoms in total. The van der Waals surface area contributed by atoms with Gasteiger partial charge in [-0.3, -0.25) is 9.80 Å². The summed E-state index contributed by atoms with van der Waals surface area (Å²) < 4.78 is 19.1. The summed E-state index contributed by atoms with van der Waals surface area (Å²) >= 11 is 0. The second-order valence-electron chi connectivity index (χ2n) is 7.12. The van der Waals surface area contributed by atoms with Gasteiger partial charge in [-0.2, -0.15) is 0 Å². The zero-order valence-corrected chi connectivity index (χ0v) is 15.7. The first-order chi connectivity index (χ1) is 13.6. The maximum absolute atomic E-state index is 13.9. The van der Waals surface area contributed by atoms with E-state index in [1.807, 2.05) is 35.4 Å². The van der Waals surface area contributed by atoms with Crippen LogP contribution in [0.4, 0.5) is 10.1 Å². The van der Waals surface area contributed by atoms with Crippen LogP contribution < -0.4 is 9.75 Å². The third-order valence-electron chi connectivity index (χ3n) is 5.37. The van der Waals surface area contributed by atoms with E-state index in [0.29, 0.717) is 12.1 Å². The zero-order chi connectivity index (χ0) is 19.7. The number of nitrogens with zero attached hydrogens (tertiary/aromatic N) is 2. The maximum atomic E-state index is 13.9. The highest BCUT2D eigenvalue weighted by atomic mass is 19.1. The van der Waals surface area contributed by atoms with Crippen molar-refractivity contribution in [2.75, 3.05) is 12.1 Å². The number of halogens is 1. The molecular weight excluding hydrogens is 359 g/mol. The number of carbonyl (C=O) groups is 1. The van der Waals surface area contributed by atoms with Crippen molar-refractivity contribution >= 4 is 17.3 Å². The number of carbonyl (C=O) groups excluding carboxylic acids is 1. The molecule has 0 aromatic heterocycles. The normalized spacial score (nSPS) is 22.4. The van der Waals surface area contributed by atoms with E-state index in [1.54, 1.807) is 19.2 Å². The predicted molar refractivity (Wildman–Crippen MR) is 105 cm³/mol. The van der Waals surface area contributed by atoms with Crippen molar-refractivity contribution in [3.05, 3.63) is 66.0 Å². The van der Waals surface area contributed by atoms with Crippen LogP contribution in [0.25, 0.3) is 5.70 Å². The lowest BCUT2D eigenvalue weighted by atomic mass is 10.0. The van der Waals surface area contributed by atoms with E-state index in [1.165, 1.54) is 17.1 Å². The minimum absolute atomic E-state index is 0.151. The van der Waals surface area contributed by atoms with E-state index >= 15 is 0 Å². The van der Waals surface area contributed by atoms with Crippen LogP contribution in [0, 0.1) is 5.82 Å². The lowest BCUT2D eigenvalue weighted by molar-refractivity contribution is -0.121. The number of hydrogen-bond acceptors (Lipinski definition) is 4. The fourth-order valence-electron chi connectivity index (χ4n) is 4.01. The average Bonchev–Trinajstić information content (AvgIpc) is 3.13. The second-order valence-corrected chi connectivity index (χ2v) is 7.12. The Bertz CT molecular complexity index is 897. The molecule has 2 atom stereocenters. The minimum atomic E-state index is -0.552. The largest absolute Gasteiger partial charge is 0.497 e. The summed E-state index contributed by atoms with van der Waals surface area (Å²) in [6.45, 7) is 0. The molecule has 4 rings (SSSR count). The summed E-state index contributed by atoms with van der Waals surface area (Å²) in [5.74, 6) is 0.186. The van der Waals surface area contributed by atoms with Crippen LogP contribution in [0.5, 0.6) is 5.75 Å². The summed E-state index contributed by atoms with van der Waals surface area (Å²) in [6.07, 6.45) is 3.85. The molecule has 1 heterocycles. The highest BCUT2D eigenvalue weighted by molar-refractivity contribution is 5.98. The van der Waals surface area contributed by atoms with Gasteiger partial charge in [0.05, 0.1) is 30.6 Å². The molecule has 146 valence electrons. The molecule has 2 unspecified atom stereocenters. The number of ether oxygens (including phenoxy) is 1. The maximum Gasteiger partial charge on any atom is 0.249 e. The Morgan fingerprint density at radius 2 is 1.93 bits per heavy atom. The van der Waals surface area contributed by atoms with Gasteiger partial charge in [0.2, 0.25) is 5.91 Å². The van der Waals surface area contributed by atoms with E-state index in [2.05, 4.69) is 0 Å². The van der Waals surface area contributed by atoms with Gasteiger partial charge in [-0.1, -0.05) is 6.07 Å². The smallest absolute Gasteiger partial charge is 0.249 e. The van der Waals surface area contributed by atoms with Crippen LogP contribution in [-0.4, -0.2) is 35.3 Å². The molecule has 0 spiro atoms. The Hall–Kier alpha value is -2.86. The number of rotatable bonds is 4. The third-order valence-corrected chi connectivity index (χ3v) is 5.37. The molecule has 0 radical (unpaired) electrons. The molecule has 1 saturated carbocycles. The number of hydrogen-bond donors (Lipinski definition) is 1. The lowest BCUT2D eigenvalue weighted by Crippen LogP contribution is -2.55. The molecule has 1 aliphatic heterocycles. The Morgan fingerprint density at radius 1 is 1.14 bits per heavy atom. The number of anilines is 1. The Labute approximate surface area is 163 Å². The minimum Gasteiger partial charge on any atom is -0.497 e. The van der Waals surface area contributed by atoms with Gasteiger partial charge in [-0.15, -0.1) is 0 Å². The standard InChI is InChI=1S/C22H23FN2O3/c1-28-18-10-8-15(9-11-18)19-12-13-22(27)24(17-5-2-4-16(23)14-17)25(19)20-6-3-7-21(20)26/h2,4-5,8-12,14,20-21,26H,3,6-7,13H2,1H3. The zero-order valence-electron chi connectivity index (χ0n) is 15.7. The molecule has 1 N–H and O–H groups in total. The van der Waals surface area contributed by atoms with Gasteiger partial charge >= 0.3 is 0 Å². The van der Waals surface area contributed by atoms with Crippen LogP contribution in [-0.2, 0) is 4.79 Å². The van der Waals surface area contributed by atoms with Crippen molar-refractivity contribution in [2.24, 2.45) is 0 Å². The van der Waals surface area contributed by atoms with E-state index in [9.17, 15) is 14.3 Å². The van der Waals surface area contributed by atoms with E-state index < -0.39 is 11.9 Å². The van der Waals surface area contributed by atoms with Crippen LogP contribution in [0.1, 0.15) is 31.2 Å². The SMILES string of the molecule is COc1ccc(C2=CCC(=O)N(c3cccc(F)c3)N2C2CCCC2O)cc1. The van der Waals surface area contributed by atoms with Crippen molar-refractivity contribution in [1.29, 1.82) is 0 Å². The van der Waals surface area contributed by atoms with Crippen LogP contribution in [0.2, 0.25) is 0 Å². The van der Waals surface area contributed by atoms with Crippen molar-refractivity contribution in [2.45, 2.75) is 37.8 Å². The topological polar surface area (TPSA) is 53.0 Å². The first-order valence-electron chi connectivity index (χ1n) is 9.49. The van der Waals surface area contributed by atoms with Crippen molar-refractivity contribution in [3.63, 3.8) is 0 Å². The fraction of sp³-hybridized carbons (Fsp3) is 0.318. The molecule has 2 aromatic carbocycles. The summed E-state index contributed by atoms with van der Waals surface area (Å²) in [4.78, 5) is 12.9. The summed E-state index contributed by atoms with van der Waals surface area (Å²) in [6, 6.07) is 13.3. The van der Waals surface area contributed by atoms with Gasteiger partial charge in [0.1, 0.15) is 11.6 Å². The van der Waals surface area contributed by atoms with Gasteiger partial charge in [0.25, 0.3) is 0 Å². The monoisotopic (exact) mass is 382 g/mol. The number of aliphatic hydroxyl groups excluding tert-OH is 1. The average molecular weight is 382 g/mol. The number of hydrazine groups is 1. The van der Waals surface area contributed by atoms with E-state index in [-0.39, 0.29) is 18.4 Å². The van der Waals surface area contributed by atoms with Gasteiger partial charge in [-0.05, 0) is 73.4 Å². The van der Waals surface area contributed by atoms with Crippen molar-refractivity contribution in [3.8, 4) is 5.75 Å². The van der Waals surface area contributed by atoms with Gasteiger partial charge in [0, 0.05) is 6.42 Å². The quantitative estimate of drug-likeness (QED) is 0.875. The van der Waals surface area contributed by atoms with Crippen molar-refractivity contribution < 1.29 is 19.0 Å².